The van der Waals surface area contributed by atoms with Crippen LogP contribution in [0.2, 0.25) is 0 Å². The Balaban J connectivity index is 2.08. The van der Waals surface area contributed by atoms with Crippen molar-refractivity contribution in [1.82, 2.24) is 0 Å². The molecule has 1 heterocycles. The second-order valence-corrected chi connectivity index (χ2v) is 11.6. The van der Waals surface area contributed by atoms with Crippen LogP contribution in [0.3, 0.4) is 0 Å². The highest BCUT2D eigenvalue weighted by molar-refractivity contribution is 8.45. The quantitative estimate of drug-likeness (QED) is 0.541. The second-order valence-electron chi connectivity index (χ2n) is 6.31. The van der Waals surface area contributed by atoms with Gasteiger partial charge in [-0.25, -0.2) is 0 Å². The van der Waals surface area contributed by atoms with Crippen molar-refractivity contribution >= 4 is 24.0 Å². The van der Waals surface area contributed by atoms with Crippen LogP contribution in [-0.4, -0.2) is 12.3 Å². The Labute approximate surface area is 112 Å². The van der Waals surface area contributed by atoms with E-state index in [4.69, 9.17) is 12.2 Å². The van der Waals surface area contributed by atoms with Gasteiger partial charge in [0.1, 0.15) is 0 Å². The topological polar surface area (TPSA) is 0 Å². The molecule has 1 fully saturated rings. The van der Waals surface area contributed by atoms with E-state index in [0.29, 0.717) is 5.41 Å². The van der Waals surface area contributed by atoms with Crippen molar-refractivity contribution in [1.29, 1.82) is 0 Å². The van der Waals surface area contributed by atoms with Crippen LogP contribution < -0.4 is 5.30 Å². The molecule has 0 atom stereocenters. The Bertz CT molecular complexity index is 358. The lowest BCUT2D eigenvalue weighted by Gasteiger charge is -2.43. The van der Waals surface area contributed by atoms with E-state index in [1.807, 2.05) is 0 Å². The fourth-order valence-corrected chi connectivity index (χ4v) is 6.72. The maximum absolute atomic E-state index is 6.01. The van der Waals surface area contributed by atoms with Gasteiger partial charge >= 0.3 is 0 Å². The van der Waals surface area contributed by atoms with Gasteiger partial charge in [0.05, 0.1) is 5.30 Å². The summed E-state index contributed by atoms with van der Waals surface area (Å²) in [5.41, 5.74) is 0.456. The highest BCUT2D eigenvalue weighted by atomic mass is 32.7. The lowest BCUT2D eigenvalue weighted by molar-refractivity contribution is 0.224. The maximum Gasteiger partial charge on any atom is 0.0726 e. The van der Waals surface area contributed by atoms with Gasteiger partial charge in [0.15, 0.2) is 0 Å². The third-order valence-corrected chi connectivity index (χ3v) is 9.06. The maximum atomic E-state index is 6.01. The van der Waals surface area contributed by atoms with E-state index in [9.17, 15) is 0 Å². The molecule has 94 valence electrons. The zero-order chi connectivity index (χ0) is 12.5. The van der Waals surface area contributed by atoms with Crippen LogP contribution in [-0.2, 0) is 12.2 Å². The van der Waals surface area contributed by atoms with Crippen molar-refractivity contribution in [3.63, 3.8) is 0 Å². The molecule has 0 nitrogen and oxygen atoms in total. The first kappa shape index (κ1) is 13.4. The average Bonchev–Trinajstić information content (AvgIpc) is 2.29. The Morgan fingerprint density at radius 3 is 2.06 bits per heavy atom. The highest BCUT2D eigenvalue weighted by Gasteiger charge is 2.36. The molecule has 0 saturated carbocycles. The van der Waals surface area contributed by atoms with Crippen molar-refractivity contribution in [3.05, 3.63) is 30.3 Å². The minimum Gasteiger partial charge on any atom is -0.551 e. The summed E-state index contributed by atoms with van der Waals surface area (Å²) in [5, 5.41) is 1.46. The minimum absolute atomic E-state index is 0.456. The van der Waals surface area contributed by atoms with E-state index in [2.05, 4.69) is 51.1 Å². The van der Waals surface area contributed by atoms with Gasteiger partial charge in [-0.1, -0.05) is 45.4 Å². The van der Waals surface area contributed by atoms with Gasteiger partial charge in [0, 0.05) is 12.3 Å². The highest BCUT2D eigenvalue weighted by Crippen LogP contribution is 2.61. The summed E-state index contributed by atoms with van der Waals surface area (Å²) in [6, 6.07) is 10.9. The average molecular weight is 266 g/mol. The number of rotatable bonds is 1. The first-order valence-electron chi connectivity index (χ1n) is 6.55. The molecule has 0 aromatic heterocycles. The molecule has 0 N–H and O–H groups in total. The van der Waals surface area contributed by atoms with Crippen LogP contribution in [0.1, 0.15) is 33.6 Å². The van der Waals surface area contributed by atoms with Gasteiger partial charge < -0.3 is 12.2 Å². The SMILES string of the molecule is CC(C)(C)C1CC[P+]([S-])(c2ccccc2)CC1. The van der Waals surface area contributed by atoms with Gasteiger partial charge in [-0.05, 0) is 36.3 Å². The molecule has 0 radical (unpaired) electrons. The Kier molecular flexibility index (Phi) is 3.90. The fourth-order valence-electron chi connectivity index (χ4n) is 2.81. The monoisotopic (exact) mass is 266 g/mol. The summed E-state index contributed by atoms with van der Waals surface area (Å²) >= 11 is 6.01. The van der Waals surface area contributed by atoms with Crippen molar-refractivity contribution in [2.24, 2.45) is 11.3 Å². The first-order chi connectivity index (χ1) is 7.92. The molecule has 1 saturated heterocycles. The van der Waals surface area contributed by atoms with Crippen LogP contribution in [0.25, 0.3) is 0 Å². The van der Waals surface area contributed by atoms with E-state index in [0.717, 1.165) is 5.92 Å². The van der Waals surface area contributed by atoms with Gasteiger partial charge in [-0.3, -0.25) is 0 Å². The van der Waals surface area contributed by atoms with Crippen LogP contribution in [0.15, 0.2) is 30.3 Å². The molecule has 0 aliphatic carbocycles. The third kappa shape index (κ3) is 3.06. The predicted octanol–water partition coefficient (Wildman–Crippen LogP) is 4.25. The van der Waals surface area contributed by atoms with Crippen LogP contribution in [0.5, 0.6) is 0 Å². The molecule has 1 aliphatic heterocycles. The molecule has 1 aromatic rings. The Hall–Kier alpha value is 0. The summed E-state index contributed by atoms with van der Waals surface area (Å²) in [6.45, 7) is 5.87. The lowest BCUT2D eigenvalue weighted by atomic mass is 9.77. The Morgan fingerprint density at radius 1 is 1.06 bits per heavy atom. The molecule has 0 spiro atoms. The van der Waals surface area contributed by atoms with Crippen molar-refractivity contribution in [2.75, 3.05) is 12.3 Å². The molecule has 0 amide bonds. The molecule has 0 bridgehead atoms. The summed E-state index contributed by atoms with van der Waals surface area (Å²) < 4.78 is 0. The molecule has 2 rings (SSSR count). The van der Waals surface area contributed by atoms with Gasteiger partial charge in [-0.15, -0.1) is 0 Å². The van der Waals surface area contributed by atoms with Crippen molar-refractivity contribution in [3.8, 4) is 0 Å². The lowest BCUT2D eigenvalue weighted by Crippen LogP contribution is -2.30. The smallest absolute Gasteiger partial charge is 0.0726 e. The minimum atomic E-state index is -1.24. The van der Waals surface area contributed by atoms with E-state index >= 15 is 0 Å². The van der Waals surface area contributed by atoms with Gasteiger partial charge in [-0.2, -0.15) is 0 Å². The van der Waals surface area contributed by atoms with Crippen LogP contribution in [0.4, 0.5) is 0 Å². The third-order valence-electron chi connectivity index (χ3n) is 4.13. The van der Waals surface area contributed by atoms with Gasteiger partial charge in [0.2, 0.25) is 0 Å². The van der Waals surface area contributed by atoms with Crippen LogP contribution in [0, 0.1) is 11.3 Å². The zero-order valence-corrected chi connectivity index (χ0v) is 12.9. The van der Waals surface area contributed by atoms with E-state index in [1.54, 1.807) is 0 Å². The standard InChI is InChI=1S/C15H23PS/c1-15(2,3)13-9-11-16(17,12-10-13)14-7-5-4-6-8-14/h4-8,13H,9-12H2,1-3H3. The summed E-state index contributed by atoms with van der Waals surface area (Å²) in [5.74, 6) is 0.863. The van der Waals surface area contributed by atoms with Gasteiger partial charge in [0.25, 0.3) is 0 Å². The van der Waals surface area contributed by atoms with E-state index in [-0.39, 0.29) is 0 Å². The predicted molar refractivity (Wildman–Crippen MR) is 82.3 cm³/mol. The van der Waals surface area contributed by atoms with E-state index in [1.165, 1.54) is 30.5 Å². The largest absolute Gasteiger partial charge is 0.551 e. The fraction of sp³-hybridized carbons (Fsp3) is 0.600. The summed E-state index contributed by atoms with van der Waals surface area (Å²) in [7, 11) is 0. The Morgan fingerprint density at radius 2 is 1.59 bits per heavy atom. The van der Waals surface area contributed by atoms with Crippen LogP contribution >= 0.6 is 6.46 Å². The van der Waals surface area contributed by atoms with Crippen molar-refractivity contribution < 1.29 is 0 Å². The molecular weight excluding hydrogens is 243 g/mol. The molecule has 0 unspecified atom stereocenters. The zero-order valence-electron chi connectivity index (χ0n) is 11.1. The molecular formula is C15H23PS. The van der Waals surface area contributed by atoms with Crippen molar-refractivity contribution in [2.45, 2.75) is 33.6 Å². The molecule has 2 heteroatoms. The number of hydrogen-bond donors (Lipinski definition) is 0. The molecule has 1 aliphatic rings. The normalized spacial score (nSPS) is 30.2. The summed E-state index contributed by atoms with van der Waals surface area (Å²) in [6.07, 6.45) is 5.20. The number of hydrogen-bond acceptors (Lipinski definition) is 1. The van der Waals surface area contributed by atoms with E-state index < -0.39 is 6.46 Å². The number of benzene rings is 1. The summed E-state index contributed by atoms with van der Waals surface area (Å²) in [4.78, 5) is 0. The first-order valence-corrected chi connectivity index (χ1v) is 9.73. The molecule has 1 aromatic carbocycles. The second kappa shape index (κ2) is 4.94. The molecule has 17 heavy (non-hydrogen) atoms.